The summed E-state index contributed by atoms with van der Waals surface area (Å²) in [5, 5.41) is 0. The summed E-state index contributed by atoms with van der Waals surface area (Å²) in [4.78, 5) is 0. The average Bonchev–Trinajstić information content (AvgIpc) is 3.16. The van der Waals surface area contributed by atoms with Crippen molar-refractivity contribution in [3.63, 3.8) is 0 Å². The van der Waals surface area contributed by atoms with Gasteiger partial charge in [0, 0.05) is 7.11 Å². The first-order valence-corrected chi connectivity index (χ1v) is 10.1. The third-order valence-electron chi connectivity index (χ3n) is 4.94. The molecule has 0 spiro atoms. The Kier molecular flexibility index (Phi) is 6.73. The van der Waals surface area contributed by atoms with Crippen molar-refractivity contribution in [1.82, 2.24) is 0 Å². The summed E-state index contributed by atoms with van der Waals surface area (Å²) in [6.07, 6.45) is 2.70. The second kappa shape index (κ2) is 10.0. The van der Waals surface area contributed by atoms with Crippen molar-refractivity contribution >= 4 is 0 Å². The highest BCUT2D eigenvalue weighted by molar-refractivity contribution is 5.26. The minimum Gasteiger partial charge on any atom is -0.483 e. The lowest BCUT2D eigenvalue weighted by Gasteiger charge is -2.27. The van der Waals surface area contributed by atoms with Gasteiger partial charge in [-0.05, 0) is 36.4 Å². The quantitative estimate of drug-likeness (QED) is 0.512. The van der Waals surface area contributed by atoms with Gasteiger partial charge in [0.2, 0.25) is 0 Å². The van der Waals surface area contributed by atoms with Crippen LogP contribution >= 0.6 is 0 Å². The van der Waals surface area contributed by atoms with Crippen LogP contribution in [0.4, 0.5) is 0 Å². The van der Waals surface area contributed by atoms with Crippen LogP contribution in [0.2, 0.25) is 0 Å². The van der Waals surface area contributed by atoms with Gasteiger partial charge in [-0.25, -0.2) is 0 Å². The van der Waals surface area contributed by atoms with Crippen LogP contribution in [-0.2, 0) is 9.47 Å². The van der Waals surface area contributed by atoms with Crippen molar-refractivity contribution in [2.75, 3.05) is 7.11 Å². The molecule has 4 rings (SSSR count). The molecule has 5 nitrogen and oxygen atoms in total. The molecule has 5 heteroatoms. The van der Waals surface area contributed by atoms with Crippen LogP contribution in [0, 0.1) is 12.3 Å². The summed E-state index contributed by atoms with van der Waals surface area (Å²) < 4.78 is 30.4. The minimum atomic E-state index is -0.710. The molecule has 3 aromatic rings. The fourth-order valence-corrected chi connectivity index (χ4v) is 3.50. The standard InChI is InChI=1S/C26H24O5/c1-3-22(28-19-13-7-4-8-14-19)23-24(29-20-15-9-5-10-16-20)25(26(27-2)31-23)30-21-17-11-6-12-18-21/h1,4-18,22-26H,2H3/t22-,23-,24-,25-,26-/m0/s1. The number of benzene rings is 3. The molecule has 3 aromatic carbocycles. The van der Waals surface area contributed by atoms with Crippen molar-refractivity contribution in [1.29, 1.82) is 0 Å². The number of hydrogen-bond donors (Lipinski definition) is 0. The molecule has 0 aromatic heterocycles. The van der Waals surface area contributed by atoms with Crippen LogP contribution < -0.4 is 14.2 Å². The Hall–Kier alpha value is -3.46. The molecule has 31 heavy (non-hydrogen) atoms. The Balaban J connectivity index is 1.63. The molecule has 0 radical (unpaired) electrons. The monoisotopic (exact) mass is 416 g/mol. The predicted octanol–water partition coefficient (Wildman–Crippen LogP) is 4.33. The van der Waals surface area contributed by atoms with E-state index in [1.807, 2.05) is 91.0 Å². The van der Waals surface area contributed by atoms with Gasteiger partial charge in [-0.2, -0.15) is 0 Å². The Labute approximate surface area is 182 Å². The van der Waals surface area contributed by atoms with E-state index in [0.717, 1.165) is 0 Å². The van der Waals surface area contributed by atoms with Crippen LogP contribution in [0.5, 0.6) is 17.2 Å². The molecule has 0 N–H and O–H groups in total. The van der Waals surface area contributed by atoms with Crippen LogP contribution in [0.15, 0.2) is 91.0 Å². The Bertz CT molecular complexity index is 971. The van der Waals surface area contributed by atoms with E-state index in [9.17, 15) is 0 Å². The van der Waals surface area contributed by atoms with Crippen LogP contribution in [-0.4, -0.2) is 37.8 Å². The van der Waals surface area contributed by atoms with Gasteiger partial charge in [-0.3, -0.25) is 0 Å². The van der Waals surface area contributed by atoms with E-state index < -0.39 is 30.7 Å². The number of terminal acetylenes is 1. The molecular weight excluding hydrogens is 392 g/mol. The lowest BCUT2D eigenvalue weighted by Crippen LogP contribution is -2.47. The SMILES string of the molecule is C#C[C@H](Oc1ccccc1)[C@@H]1O[C@H](OC)[C@@H](Oc2ccccc2)[C@H]1Oc1ccccc1. The molecule has 1 saturated heterocycles. The van der Waals surface area contributed by atoms with Crippen molar-refractivity contribution in [3.8, 4) is 29.6 Å². The maximum Gasteiger partial charge on any atom is 0.198 e. The summed E-state index contributed by atoms with van der Waals surface area (Å²) in [6, 6.07) is 28.3. The van der Waals surface area contributed by atoms with E-state index in [2.05, 4.69) is 5.92 Å². The molecule has 1 heterocycles. The number of para-hydroxylation sites is 3. The zero-order valence-electron chi connectivity index (χ0n) is 17.2. The molecular formula is C26H24O5. The Morgan fingerprint density at radius 1 is 0.742 bits per heavy atom. The zero-order chi connectivity index (χ0) is 21.5. The van der Waals surface area contributed by atoms with E-state index in [-0.39, 0.29) is 0 Å². The Morgan fingerprint density at radius 3 is 1.71 bits per heavy atom. The summed E-state index contributed by atoms with van der Waals surface area (Å²) in [6.45, 7) is 0. The number of rotatable bonds is 8. The summed E-state index contributed by atoms with van der Waals surface area (Å²) in [7, 11) is 1.57. The molecule has 158 valence electrons. The van der Waals surface area contributed by atoms with Crippen LogP contribution in [0.25, 0.3) is 0 Å². The third kappa shape index (κ3) is 5.00. The minimum absolute atomic E-state index is 0.562. The largest absolute Gasteiger partial charge is 0.483 e. The fourth-order valence-electron chi connectivity index (χ4n) is 3.50. The van der Waals surface area contributed by atoms with E-state index >= 15 is 0 Å². The highest BCUT2D eigenvalue weighted by atomic mass is 16.7. The van der Waals surface area contributed by atoms with E-state index in [1.54, 1.807) is 7.11 Å². The van der Waals surface area contributed by atoms with Crippen LogP contribution in [0.3, 0.4) is 0 Å². The lowest BCUT2D eigenvalue weighted by molar-refractivity contribution is -0.152. The summed E-state index contributed by atoms with van der Waals surface area (Å²) >= 11 is 0. The van der Waals surface area contributed by atoms with Crippen molar-refractivity contribution in [3.05, 3.63) is 91.0 Å². The van der Waals surface area contributed by atoms with Gasteiger partial charge in [0.05, 0.1) is 0 Å². The number of methoxy groups -OCH3 is 1. The first-order chi connectivity index (χ1) is 15.3. The first kappa shape index (κ1) is 20.8. The molecule has 0 aliphatic carbocycles. The third-order valence-corrected chi connectivity index (χ3v) is 4.94. The molecule has 1 aliphatic rings. The topological polar surface area (TPSA) is 46.2 Å². The molecule has 0 saturated carbocycles. The van der Waals surface area contributed by atoms with Gasteiger partial charge in [-0.15, -0.1) is 6.42 Å². The maximum atomic E-state index is 6.32. The second-order valence-electron chi connectivity index (χ2n) is 7.01. The first-order valence-electron chi connectivity index (χ1n) is 10.1. The van der Waals surface area contributed by atoms with Gasteiger partial charge in [0.15, 0.2) is 24.6 Å². The highest BCUT2D eigenvalue weighted by Crippen LogP contribution is 2.33. The van der Waals surface area contributed by atoms with Crippen molar-refractivity contribution in [2.24, 2.45) is 0 Å². The lowest BCUT2D eigenvalue weighted by atomic mass is 10.1. The number of hydrogen-bond acceptors (Lipinski definition) is 5. The molecule has 0 unspecified atom stereocenters. The van der Waals surface area contributed by atoms with E-state index in [1.165, 1.54) is 0 Å². The normalized spacial score (nSPS) is 23.5. The fraction of sp³-hybridized carbons (Fsp3) is 0.231. The van der Waals surface area contributed by atoms with Gasteiger partial charge < -0.3 is 23.7 Å². The Morgan fingerprint density at radius 2 is 1.23 bits per heavy atom. The molecule has 0 bridgehead atoms. The molecule has 1 fully saturated rings. The molecule has 5 atom stereocenters. The summed E-state index contributed by atoms with van der Waals surface area (Å²) in [5.41, 5.74) is 0. The van der Waals surface area contributed by atoms with Gasteiger partial charge in [0.25, 0.3) is 0 Å². The van der Waals surface area contributed by atoms with Crippen LogP contribution in [0.1, 0.15) is 0 Å². The van der Waals surface area contributed by atoms with Gasteiger partial charge >= 0.3 is 0 Å². The molecule has 1 aliphatic heterocycles. The highest BCUT2D eigenvalue weighted by Gasteiger charge is 2.52. The summed E-state index contributed by atoms with van der Waals surface area (Å²) in [5.74, 6) is 4.70. The van der Waals surface area contributed by atoms with Crippen molar-refractivity contribution < 1.29 is 23.7 Å². The van der Waals surface area contributed by atoms with Gasteiger partial charge in [0.1, 0.15) is 23.4 Å². The predicted molar refractivity (Wildman–Crippen MR) is 117 cm³/mol. The van der Waals surface area contributed by atoms with Gasteiger partial charge in [-0.1, -0.05) is 60.5 Å². The maximum absolute atomic E-state index is 6.32. The van der Waals surface area contributed by atoms with E-state index in [4.69, 9.17) is 30.1 Å². The van der Waals surface area contributed by atoms with Crippen molar-refractivity contribution in [2.45, 2.75) is 30.7 Å². The second-order valence-corrected chi connectivity index (χ2v) is 7.01. The van der Waals surface area contributed by atoms with E-state index in [0.29, 0.717) is 17.2 Å². The smallest absolute Gasteiger partial charge is 0.198 e. The number of ether oxygens (including phenoxy) is 5. The molecule has 0 amide bonds. The average molecular weight is 416 g/mol. The zero-order valence-corrected chi connectivity index (χ0v) is 17.2.